The highest BCUT2D eigenvalue weighted by Crippen LogP contribution is 2.16. The number of carbonyl (C=O) groups excluding carboxylic acids is 1. The quantitative estimate of drug-likeness (QED) is 0.383. The van der Waals surface area contributed by atoms with Crippen LogP contribution in [0.25, 0.3) is 0 Å². The third-order valence-corrected chi connectivity index (χ3v) is 5.72. The summed E-state index contributed by atoms with van der Waals surface area (Å²) in [7, 11) is 0. The van der Waals surface area contributed by atoms with Crippen molar-refractivity contribution in [2.75, 3.05) is 11.9 Å². The van der Waals surface area contributed by atoms with E-state index in [1.54, 1.807) is 0 Å². The molecule has 1 heterocycles. The average Bonchev–Trinajstić information content (AvgIpc) is 3.03. The zero-order valence-electron chi connectivity index (χ0n) is 18.4. The molecule has 2 N–H and O–H groups in total. The third kappa shape index (κ3) is 5.82. The summed E-state index contributed by atoms with van der Waals surface area (Å²) in [6.07, 6.45) is 0.753. The van der Waals surface area contributed by atoms with Crippen molar-refractivity contribution in [2.45, 2.75) is 40.7 Å². The minimum atomic E-state index is -0.187. The number of hydrogen-bond acceptors (Lipinski definition) is 3. The van der Waals surface area contributed by atoms with Crippen LogP contribution in [0.5, 0.6) is 0 Å². The largest absolute Gasteiger partial charge is 0.326 e. The zero-order valence-corrected chi connectivity index (χ0v) is 20.0. The highest BCUT2D eigenvalue weighted by atomic mass is 79.9. The normalized spacial score (nSPS) is 11.5. The number of benzene rings is 2. The number of nitrogens with zero attached hydrogens (tertiary/aromatic N) is 3. The van der Waals surface area contributed by atoms with Crippen molar-refractivity contribution in [1.82, 2.24) is 15.1 Å². The Hall–Kier alpha value is -2.93. The van der Waals surface area contributed by atoms with Crippen molar-refractivity contribution in [3.63, 3.8) is 0 Å². The molecule has 3 rings (SSSR count). The van der Waals surface area contributed by atoms with Crippen LogP contribution in [-0.4, -0.2) is 28.2 Å². The molecule has 0 radical (unpaired) electrons. The molecule has 7 heteroatoms. The van der Waals surface area contributed by atoms with Gasteiger partial charge in [-0.2, -0.15) is 5.10 Å². The van der Waals surface area contributed by atoms with Crippen LogP contribution in [0.4, 0.5) is 5.69 Å². The third-order valence-electron chi connectivity index (χ3n) is 5.19. The summed E-state index contributed by atoms with van der Waals surface area (Å²) in [4.78, 5) is 17.5. The molecule has 0 unspecified atom stereocenters. The van der Waals surface area contributed by atoms with Crippen LogP contribution in [-0.2, 0) is 13.0 Å². The molecule has 0 saturated carbocycles. The number of anilines is 1. The molecular formula is C24H28BrN5O. The van der Waals surface area contributed by atoms with Crippen molar-refractivity contribution < 1.29 is 4.79 Å². The van der Waals surface area contributed by atoms with E-state index >= 15 is 0 Å². The number of rotatable bonds is 6. The Morgan fingerprint density at radius 2 is 1.81 bits per heavy atom. The molecule has 0 bridgehead atoms. The number of halogens is 1. The highest BCUT2D eigenvalue weighted by molar-refractivity contribution is 9.10. The van der Waals surface area contributed by atoms with Gasteiger partial charge in [0, 0.05) is 34.5 Å². The van der Waals surface area contributed by atoms with Gasteiger partial charge in [-0.05, 0) is 75.6 Å². The smallest absolute Gasteiger partial charge is 0.258 e. The number of nitrogens with one attached hydrogen (secondary N) is 2. The van der Waals surface area contributed by atoms with Gasteiger partial charge in [0.05, 0.1) is 5.69 Å². The van der Waals surface area contributed by atoms with Gasteiger partial charge in [-0.3, -0.25) is 19.8 Å². The summed E-state index contributed by atoms with van der Waals surface area (Å²) in [5, 5.41) is 10.7. The molecule has 2 aromatic carbocycles. The Bertz CT molecular complexity index is 1090. The Morgan fingerprint density at radius 1 is 1.10 bits per heavy atom. The van der Waals surface area contributed by atoms with Crippen LogP contribution >= 0.6 is 15.9 Å². The van der Waals surface area contributed by atoms with Gasteiger partial charge in [-0.25, -0.2) is 0 Å². The summed E-state index contributed by atoms with van der Waals surface area (Å²) < 4.78 is 2.99. The summed E-state index contributed by atoms with van der Waals surface area (Å²) in [5.74, 6) is 0.237. The molecule has 6 nitrogen and oxygen atoms in total. The summed E-state index contributed by atoms with van der Waals surface area (Å²) in [5.41, 5.74) is 5.80. The number of aryl methyl sites for hydroxylation is 3. The van der Waals surface area contributed by atoms with E-state index in [4.69, 9.17) is 0 Å². The minimum Gasteiger partial charge on any atom is -0.326 e. The van der Waals surface area contributed by atoms with Crippen molar-refractivity contribution in [3.05, 3.63) is 81.1 Å². The SMILES string of the molecule is CCn1nc(C)c(CCN=C(NC(=O)c2ccccc2C)Nc2ccc(Br)cc2)c1C. The van der Waals surface area contributed by atoms with E-state index in [0.717, 1.165) is 34.4 Å². The lowest BCUT2D eigenvalue weighted by atomic mass is 10.1. The van der Waals surface area contributed by atoms with Crippen LogP contribution in [0, 0.1) is 20.8 Å². The van der Waals surface area contributed by atoms with E-state index in [1.165, 1.54) is 11.3 Å². The minimum absolute atomic E-state index is 0.187. The predicted molar refractivity (Wildman–Crippen MR) is 130 cm³/mol. The summed E-state index contributed by atoms with van der Waals surface area (Å²) in [6, 6.07) is 15.3. The maximum Gasteiger partial charge on any atom is 0.258 e. The van der Waals surface area contributed by atoms with E-state index < -0.39 is 0 Å². The highest BCUT2D eigenvalue weighted by Gasteiger charge is 2.13. The molecule has 162 valence electrons. The van der Waals surface area contributed by atoms with E-state index in [0.29, 0.717) is 18.1 Å². The first-order chi connectivity index (χ1) is 14.9. The molecule has 0 aliphatic carbocycles. The van der Waals surface area contributed by atoms with Crippen molar-refractivity contribution in [1.29, 1.82) is 0 Å². The van der Waals surface area contributed by atoms with Gasteiger partial charge >= 0.3 is 0 Å². The van der Waals surface area contributed by atoms with Crippen molar-refractivity contribution in [2.24, 2.45) is 4.99 Å². The first kappa shape index (κ1) is 22.7. The van der Waals surface area contributed by atoms with Gasteiger partial charge in [0.2, 0.25) is 5.96 Å². The van der Waals surface area contributed by atoms with E-state index in [1.807, 2.05) is 67.1 Å². The van der Waals surface area contributed by atoms with Gasteiger partial charge in [0.25, 0.3) is 5.91 Å². The molecule has 31 heavy (non-hydrogen) atoms. The van der Waals surface area contributed by atoms with E-state index in [9.17, 15) is 4.79 Å². The second-order valence-electron chi connectivity index (χ2n) is 7.35. The molecule has 3 aromatic rings. The Balaban J connectivity index is 1.79. The Labute approximate surface area is 191 Å². The van der Waals surface area contributed by atoms with Crippen LogP contribution in [0.15, 0.2) is 58.0 Å². The summed E-state index contributed by atoms with van der Waals surface area (Å²) in [6.45, 7) is 9.50. The lowest BCUT2D eigenvalue weighted by Crippen LogP contribution is -2.36. The van der Waals surface area contributed by atoms with Crippen LogP contribution < -0.4 is 10.6 Å². The average molecular weight is 482 g/mol. The van der Waals surface area contributed by atoms with Crippen LogP contribution in [0.2, 0.25) is 0 Å². The maximum absolute atomic E-state index is 12.9. The number of aromatic nitrogens is 2. The molecule has 1 aromatic heterocycles. The van der Waals surface area contributed by atoms with Gasteiger partial charge in [0.15, 0.2) is 0 Å². The first-order valence-corrected chi connectivity index (χ1v) is 11.1. The monoisotopic (exact) mass is 481 g/mol. The zero-order chi connectivity index (χ0) is 22.4. The fourth-order valence-corrected chi connectivity index (χ4v) is 3.73. The van der Waals surface area contributed by atoms with Crippen molar-refractivity contribution in [3.8, 4) is 0 Å². The Kier molecular flexibility index (Phi) is 7.63. The topological polar surface area (TPSA) is 71.3 Å². The van der Waals surface area contributed by atoms with E-state index in [2.05, 4.69) is 50.5 Å². The molecule has 0 aliphatic rings. The lowest BCUT2D eigenvalue weighted by Gasteiger charge is -2.13. The lowest BCUT2D eigenvalue weighted by molar-refractivity contribution is 0.0976. The van der Waals surface area contributed by atoms with Crippen molar-refractivity contribution >= 4 is 33.5 Å². The number of amides is 1. The number of guanidine groups is 1. The second-order valence-corrected chi connectivity index (χ2v) is 8.26. The number of hydrogen-bond donors (Lipinski definition) is 2. The molecule has 0 spiro atoms. The standard InChI is InChI=1S/C24H28BrN5O/c1-5-30-18(4)22(17(3)29-30)14-15-26-24(27-20-12-10-19(25)11-13-20)28-23(31)21-9-7-6-8-16(21)2/h6-13H,5,14-15H2,1-4H3,(H2,26,27,28,31). The summed E-state index contributed by atoms with van der Waals surface area (Å²) >= 11 is 3.44. The number of aliphatic imine (C=N–C) groups is 1. The van der Waals surface area contributed by atoms with Gasteiger partial charge < -0.3 is 5.32 Å². The first-order valence-electron chi connectivity index (χ1n) is 10.4. The van der Waals surface area contributed by atoms with Gasteiger partial charge in [-0.15, -0.1) is 0 Å². The van der Waals surface area contributed by atoms with Gasteiger partial charge in [-0.1, -0.05) is 34.1 Å². The molecule has 0 fully saturated rings. The molecule has 0 aliphatic heterocycles. The fraction of sp³-hybridized carbons (Fsp3) is 0.292. The van der Waals surface area contributed by atoms with E-state index in [-0.39, 0.29) is 5.91 Å². The fourth-order valence-electron chi connectivity index (χ4n) is 3.47. The number of carbonyl (C=O) groups is 1. The second kappa shape index (κ2) is 10.4. The van der Waals surface area contributed by atoms with Gasteiger partial charge in [0.1, 0.15) is 0 Å². The molecule has 0 saturated heterocycles. The molecule has 0 atom stereocenters. The Morgan fingerprint density at radius 3 is 2.45 bits per heavy atom. The maximum atomic E-state index is 12.9. The molecular weight excluding hydrogens is 454 g/mol. The predicted octanol–water partition coefficient (Wildman–Crippen LogP) is 5.03. The molecule has 1 amide bonds. The van der Waals surface area contributed by atoms with Crippen LogP contribution in [0.1, 0.15) is 39.8 Å². The van der Waals surface area contributed by atoms with Crippen LogP contribution in [0.3, 0.4) is 0 Å².